The molecule has 0 saturated carbocycles. The molecule has 0 N–H and O–H groups in total. The summed E-state index contributed by atoms with van der Waals surface area (Å²) in [4.78, 5) is 4.20. The Labute approximate surface area is 58.2 Å². The highest BCUT2D eigenvalue weighted by atomic mass is 14.7. The summed E-state index contributed by atoms with van der Waals surface area (Å²) in [5, 5.41) is 0. The molecule has 0 saturated heterocycles. The van der Waals surface area contributed by atoms with Crippen LogP contribution in [0.5, 0.6) is 0 Å². The Balaban J connectivity index is 3.04. The highest BCUT2D eigenvalue weighted by molar-refractivity contribution is 5.57. The maximum atomic E-state index is 4.20. The van der Waals surface area contributed by atoms with E-state index in [0.717, 1.165) is 25.3 Å². The van der Waals surface area contributed by atoms with Crippen LogP contribution in [0.2, 0.25) is 0 Å². The molecule has 0 aromatic rings. The molecule has 0 atom stereocenters. The molecule has 0 aromatic heterocycles. The lowest BCUT2D eigenvalue weighted by Crippen LogP contribution is -1.87. The van der Waals surface area contributed by atoms with Gasteiger partial charge in [-0.1, -0.05) is 20.8 Å². The van der Waals surface area contributed by atoms with Gasteiger partial charge in [0.2, 0.25) is 0 Å². The van der Waals surface area contributed by atoms with E-state index < -0.39 is 0 Å². The first kappa shape index (κ1) is 8.67. The Morgan fingerprint density at radius 3 is 2.56 bits per heavy atom. The molecule has 0 aromatic carbocycles. The van der Waals surface area contributed by atoms with Crippen molar-refractivity contribution < 1.29 is 0 Å². The van der Waals surface area contributed by atoms with Crippen molar-refractivity contribution in [3.8, 4) is 0 Å². The molecule has 0 fully saturated rings. The molecule has 0 radical (unpaired) electrons. The molecule has 9 heavy (non-hydrogen) atoms. The van der Waals surface area contributed by atoms with Crippen LogP contribution in [0.25, 0.3) is 0 Å². The lowest BCUT2D eigenvalue weighted by molar-refractivity contribution is 0.688. The minimum Gasteiger partial charge on any atom is -0.298 e. The lowest BCUT2D eigenvalue weighted by Gasteiger charge is -1.94. The molecule has 1 nitrogen and oxygen atoms in total. The lowest BCUT2D eigenvalue weighted by atomic mass is 10.2. The summed E-state index contributed by atoms with van der Waals surface area (Å²) < 4.78 is 0. The van der Waals surface area contributed by atoms with E-state index in [4.69, 9.17) is 0 Å². The molecule has 1 heteroatoms. The van der Waals surface area contributed by atoms with Crippen molar-refractivity contribution >= 4 is 6.21 Å². The first-order valence-corrected chi connectivity index (χ1v) is 3.75. The van der Waals surface area contributed by atoms with Crippen LogP contribution in [-0.4, -0.2) is 12.8 Å². The molecule has 0 bridgehead atoms. The molecule has 0 aliphatic carbocycles. The predicted molar refractivity (Wildman–Crippen MR) is 43.1 cm³/mol. The van der Waals surface area contributed by atoms with E-state index in [1.165, 1.54) is 0 Å². The van der Waals surface area contributed by atoms with Gasteiger partial charge in [0.1, 0.15) is 0 Å². The van der Waals surface area contributed by atoms with Gasteiger partial charge in [0.25, 0.3) is 0 Å². The van der Waals surface area contributed by atoms with E-state index in [9.17, 15) is 0 Å². The third kappa shape index (κ3) is 7.67. The number of hydrogen-bond donors (Lipinski definition) is 0. The number of rotatable bonds is 4. The molecule has 0 amide bonds. The first-order valence-electron chi connectivity index (χ1n) is 3.75. The smallest absolute Gasteiger partial charge is 0.0382 e. The number of nitrogens with zero attached hydrogens (tertiary/aromatic N) is 1. The fourth-order valence-corrected chi connectivity index (χ4v) is 0.506. The monoisotopic (exact) mass is 127 g/mol. The highest BCUT2D eigenvalue weighted by Gasteiger charge is 1.86. The van der Waals surface area contributed by atoms with Crippen LogP contribution in [0.4, 0.5) is 0 Å². The van der Waals surface area contributed by atoms with Crippen molar-refractivity contribution in [1.29, 1.82) is 0 Å². The first-order chi connectivity index (χ1) is 4.27. The Bertz CT molecular complexity index is 74.6. The summed E-state index contributed by atoms with van der Waals surface area (Å²) in [6.45, 7) is 7.55. The van der Waals surface area contributed by atoms with Gasteiger partial charge in [0, 0.05) is 6.54 Å². The van der Waals surface area contributed by atoms with E-state index in [0.29, 0.717) is 0 Å². The van der Waals surface area contributed by atoms with Gasteiger partial charge in [0.05, 0.1) is 0 Å². The van der Waals surface area contributed by atoms with Crippen LogP contribution in [-0.2, 0) is 0 Å². The summed E-state index contributed by atoms with van der Waals surface area (Å²) in [6, 6.07) is 0. The van der Waals surface area contributed by atoms with E-state index in [2.05, 4.69) is 25.8 Å². The second-order valence-electron chi connectivity index (χ2n) is 2.72. The second kappa shape index (κ2) is 5.80. The summed E-state index contributed by atoms with van der Waals surface area (Å²) in [5.74, 6) is 0.755. The van der Waals surface area contributed by atoms with Gasteiger partial charge in [-0.15, -0.1) is 0 Å². The molecular weight excluding hydrogens is 110 g/mol. The minimum atomic E-state index is 0.755. The average Bonchev–Trinajstić information content (AvgIpc) is 1.80. The van der Waals surface area contributed by atoms with Crippen LogP contribution >= 0.6 is 0 Å². The van der Waals surface area contributed by atoms with Crippen molar-refractivity contribution in [3.63, 3.8) is 0 Å². The molecule has 0 aliphatic heterocycles. The van der Waals surface area contributed by atoms with Gasteiger partial charge in [-0.3, -0.25) is 4.99 Å². The molecule has 0 rings (SSSR count). The Hall–Kier alpha value is -0.330. The normalized spacial score (nSPS) is 11.6. The van der Waals surface area contributed by atoms with Crippen LogP contribution < -0.4 is 0 Å². The van der Waals surface area contributed by atoms with E-state index in [-0.39, 0.29) is 0 Å². The van der Waals surface area contributed by atoms with Crippen LogP contribution in [0.15, 0.2) is 4.99 Å². The number of hydrogen-bond acceptors (Lipinski definition) is 1. The van der Waals surface area contributed by atoms with Crippen molar-refractivity contribution in [2.24, 2.45) is 10.9 Å². The Kier molecular flexibility index (Phi) is 5.59. The highest BCUT2D eigenvalue weighted by Crippen LogP contribution is 1.94. The quantitative estimate of drug-likeness (QED) is 0.514. The van der Waals surface area contributed by atoms with Gasteiger partial charge < -0.3 is 0 Å². The molecule has 0 heterocycles. The molecule has 0 spiro atoms. The van der Waals surface area contributed by atoms with Crippen LogP contribution in [0, 0.1) is 5.92 Å². The Morgan fingerprint density at radius 1 is 1.44 bits per heavy atom. The molecular formula is C8H17N. The van der Waals surface area contributed by atoms with Crippen molar-refractivity contribution in [2.45, 2.75) is 33.6 Å². The van der Waals surface area contributed by atoms with Gasteiger partial charge in [-0.25, -0.2) is 0 Å². The van der Waals surface area contributed by atoms with Crippen LogP contribution in [0.3, 0.4) is 0 Å². The van der Waals surface area contributed by atoms with Crippen molar-refractivity contribution in [1.82, 2.24) is 0 Å². The third-order valence-electron chi connectivity index (χ3n) is 1.06. The zero-order valence-corrected chi connectivity index (χ0v) is 6.72. The summed E-state index contributed by atoms with van der Waals surface area (Å²) in [6.07, 6.45) is 4.32. The Morgan fingerprint density at radius 2 is 2.11 bits per heavy atom. The zero-order valence-electron chi connectivity index (χ0n) is 6.72. The van der Waals surface area contributed by atoms with E-state index >= 15 is 0 Å². The molecule has 0 unspecified atom stereocenters. The van der Waals surface area contributed by atoms with Crippen molar-refractivity contribution in [2.75, 3.05) is 6.54 Å². The third-order valence-corrected chi connectivity index (χ3v) is 1.06. The fourth-order valence-electron chi connectivity index (χ4n) is 0.506. The predicted octanol–water partition coefficient (Wildman–Crippen LogP) is 2.51. The maximum absolute atomic E-state index is 4.20. The van der Waals surface area contributed by atoms with Gasteiger partial charge in [0.15, 0.2) is 0 Å². The van der Waals surface area contributed by atoms with Gasteiger partial charge in [-0.2, -0.15) is 0 Å². The standard InChI is InChI=1S/C8H17N/c1-4-6-9-7-5-8(2)3/h7-8H,4-6H2,1-3H3. The summed E-state index contributed by atoms with van der Waals surface area (Å²) >= 11 is 0. The average molecular weight is 127 g/mol. The summed E-state index contributed by atoms with van der Waals surface area (Å²) in [5.41, 5.74) is 0. The molecule has 54 valence electrons. The van der Waals surface area contributed by atoms with E-state index in [1.54, 1.807) is 0 Å². The molecule has 0 aliphatic rings. The largest absolute Gasteiger partial charge is 0.298 e. The van der Waals surface area contributed by atoms with E-state index in [1.807, 2.05) is 6.21 Å². The maximum Gasteiger partial charge on any atom is 0.0382 e. The van der Waals surface area contributed by atoms with Crippen molar-refractivity contribution in [3.05, 3.63) is 0 Å². The second-order valence-corrected chi connectivity index (χ2v) is 2.72. The zero-order chi connectivity index (χ0) is 7.11. The topological polar surface area (TPSA) is 12.4 Å². The minimum absolute atomic E-state index is 0.755. The van der Waals surface area contributed by atoms with Gasteiger partial charge in [-0.05, 0) is 25.0 Å². The number of aliphatic imine (C=N–C) groups is 1. The fraction of sp³-hybridized carbons (Fsp3) is 0.875. The summed E-state index contributed by atoms with van der Waals surface area (Å²) in [7, 11) is 0. The van der Waals surface area contributed by atoms with Crippen LogP contribution in [0.1, 0.15) is 33.6 Å². The SMILES string of the molecule is CCCN=CCC(C)C. The van der Waals surface area contributed by atoms with Gasteiger partial charge >= 0.3 is 0 Å².